The van der Waals surface area contributed by atoms with Gasteiger partial charge in [-0.3, -0.25) is 4.90 Å². The van der Waals surface area contributed by atoms with Crippen LogP contribution in [0.3, 0.4) is 0 Å². The van der Waals surface area contributed by atoms with Crippen molar-refractivity contribution < 1.29 is 9.84 Å². The molecule has 2 fully saturated rings. The van der Waals surface area contributed by atoms with Gasteiger partial charge >= 0.3 is 0 Å². The van der Waals surface area contributed by atoms with Crippen molar-refractivity contribution in [2.24, 2.45) is 7.05 Å². The Labute approximate surface area is 138 Å². The van der Waals surface area contributed by atoms with Gasteiger partial charge in [0, 0.05) is 38.6 Å². The number of hydrogen-bond donors (Lipinski definition) is 1. The van der Waals surface area contributed by atoms with Gasteiger partial charge in [-0.25, -0.2) is 0 Å². The number of rotatable bonds is 5. The molecule has 1 aromatic rings. The minimum atomic E-state index is -0.0423. The SMILES string of the molecule is C[C@H](CN1CCC(c2nnc(CO)n2C)CC1)N1CCOCC1. The van der Waals surface area contributed by atoms with Gasteiger partial charge in [-0.15, -0.1) is 10.2 Å². The highest BCUT2D eigenvalue weighted by atomic mass is 16.5. The van der Waals surface area contributed by atoms with Gasteiger partial charge in [-0.05, 0) is 32.9 Å². The molecule has 1 aromatic heterocycles. The molecule has 7 nitrogen and oxygen atoms in total. The molecule has 2 aliphatic rings. The smallest absolute Gasteiger partial charge is 0.158 e. The van der Waals surface area contributed by atoms with Gasteiger partial charge in [0.2, 0.25) is 0 Å². The highest BCUT2D eigenvalue weighted by Crippen LogP contribution is 2.27. The minimum Gasteiger partial charge on any atom is -0.388 e. The highest BCUT2D eigenvalue weighted by molar-refractivity contribution is 5.02. The van der Waals surface area contributed by atoms with Crippen molar-refractivity contribution in [1.29, 1.82) is 0 Å². The molecule has 2 aliphatic heterocycles. The molecule has 2 saturated heterocycles. The largest absolute Gasteiger partial charge is 0.388 e. The second kappa shape index (κ2) is 7.70. The molecular formula is C16H29N5O2. The van der Waals surface area contributed by atoms with Gasteiger partial charge in [0.15, 0.2) is 5.82 Å². The molecule has 3 rings (SSSR count). The van der Waals surface area contributed by atoms with Gasteiger partial charge in [-0.1, -0.05) is 0 Å². The molecule has 0 bridgehead atoms. The molecule has 23 heavy (non-hydrogen) atoms. The van der Waals surface area contributed by atoms with Crippen molar-refractivity contribution in [3.63, 3.8) is 0 Å². The maximum Gasteiger partial charge on any atom is 0.158 e. The standard InChI is InChI=1S/C16H29N5O2/c1-13(21-7-9-23-10-8-21)11-20-5-3-14(4-6-20)16-18-17-15(12-22)19(16)2/h13-14,22H,3-12H2,1-2H3/t13-/m1/s1. The first-order valence-electron chi connectivity index (χ1n) is 8.72. The number of hydrogen-bond acceptors (Lipinski definition) is 6. The number of ether oxygens (including phenoxy) is 1. The van der Waals surface area contributed by atoms with Gasteiger partial charge in [-0.2, -0.15) is 0 Å². The Morgan fingerprint density at radius 1 is 1.17 bits per heavy atom. The zero-order valence-corrected chi connectivity index (χ0v) is 14.3. The van der Waals surface area contributed by atoms with E-state index in [0.29, 0.717) is 17.8 Å². The fraction of sp³-hybridized carbons (Fsp3) is 0.875. The second-order valence-corrected chi connectivity index (χ2v) is 6.76. The quantitative estimate of drug-likeness (QED) is 0.835. The van der Waals surface area contributed by atoms with E-state index in [1.165, 1.54) is 0 Å². The third-order valence-electron chi connectivity index (χ3n) is 5.28. The van der Waals surface area contributed by atoms with Crippen molar-refractivity contribution in [2.75, 3.05) is 45.9 Å². The Hall–Kier alpha value is -1.02. The Morgan fingerprint density at radius 2 is 1.87 bits per heavy atom. The summed E-state index contributed by atoms with van der Waals surface area (Å²) < 4.78 is 7.39. The van der Waals surface area contributed by atoms with Crippen molar-refractivity contribution in [2.45, 2.75) is 38.3 Å². The molecule has 0 aromatic carbocycles. The van der Waals surface area contributed by atoms with E-state index < -0.39 is 0 Å². The first-order chi connectivity index (χ1) is 11.2. The number of aliphatic hydroxyl groups excluding tert-OH is 1. The summed E-state index contributed by atoms with van der Waals surface area (Å²) in [4.78, 5) is 5.10. The molecule has 0 aliphatic carbocycles. The van der Waals surface area contributed by atoms with E-state index in [2.05, 4.69) is 26.9 Å². The molecule has 0 saturated carbocycles. The number of likely N-dealkylation sites (tertiary alicyclic amines) is 1. The van der Waals surface area contributed by atoms with Crippen molar-refractivity contribution in [1.82, 2.24) is 24.6 Å². The average Bonchev–Trinajstić information content (AvgIpc) is 2.97. The predicted molar refractivity (Wildman–Crippen MR) is 87.2 cm³/mol. The van der Waals surface area contributed by atoms with E-state index >= 15 is 0 Å². The summed E-state index contributed by atoms with van der Waals surface area (Å²) in [5.41, 5.74) is 0. The van der Waals surface area contributed by atoms with Crippen LogP contribution in [-0.2, 0) is 18.4 Å². The van der Waals surface area contributed by atoms with Crippen molar-refractivity contribution >= 4 is 0 Å². The Balaban J connectivity index is 1.49. The molecule has 0 spiro atoms. The Morgan fingerprint density at radius 3 is 2.48 bits per heavy atom. The van der Waals surface area contributed by atoms with Crippen LogP contribution >= 0.6 is 0 Å². The molecule has 3 heterocycles. The van der Waals surface area contributed by atoms with E-state index in [4.69, 9.17) is 4.74 Å². The third-order valence-corrected chi connectivity index (χ3v) is 5.28. The molecule has 1 N–H and O–H groups in total. The number of aliphatic hydroxyl groups is 1. The molecule has 1 atom stereocenters. The highest BCUT2D eigenvalue weighted by Gasteiger charge is 2.27. The normalized spacial score (nSPS) is 23.3. The van der Waals surface area contributed by atoms with Gasteiger partial charge in [0.1, 0.15) is 12.4 Å². The third kappa shape index (κ3) is 3.91. The van der Waals surface area contributed by atoms with Crippen LogP contribution in [0.4, 0.5) is 0 Å². The summed E-state index contributed by atoms with van der Waals surface area (Å²) in [6, 6.07) is 0.589. The van der Waals surface area contributed by atoms with Crippen LogP contribution in [0.15, 0.2) is 0 Å². The van der Waals surface area contributed by atoms with Gasteiger partial charge in [0.25, 0.3) is 0 Å². The monoisotopic (exact) mass is 323 g/mol. The summed E-state index contributed by atoms with van der Waals surface area (Å²) in [5.74, 6) is 2.14. The van der Waals surface area contributed by atoms with Crippen LogP contribution < -0.4 is 0 Å². The summed E-state index contributed by atoms with van der Waals surface area (Å²) in [6.45, 7) is 9.49. The summed E-state index contributed by atoms with van der Waals surface area (Å²) >= 11 is 0. The summed E-state index contributed by atoms with van der Waals surface area (Å²) in [5, 5.41) is 17.6. The van der Waals surface area contributed by atoms with E-state index in [1.807, 2.05) is 11.6 Å². The maximum absolute atomic E-state index is 9.25. The van der Waals surface area contributed by atoms with Crippen molar-refractivity contribution in [3.05, 3.63) is 11.6 Å². The van der Waals surface area contributed by atoms with Crippen LogP contribution in [0.5, 0.6) is 0 Å². The zero-order chi connectivity index (χ0) is 16.2. The molecule has 0 radical (unpaired) electrons. The summed E-state index contributed by atoms with van der Waals surface area (Å²) in [6.07, 6.45) is 2.24. The van der Waals surface area contributed by atoms with Crippen LogP contribution in [0.25, 0.3) is 0 Å². The molecule has 0 unspecified atom stereocenters. The predicted octanol–water partition coefficient (Wildman–Crippen LogP) is 0.208. The molecule has 130 valence electrons. The minimum absolute atomic E-state index is 0.0423. The number of piperidine rings is 1. The van der Waals surface area contributed by atoms with E-state index in [1.54, 1.807) is 0 Å². The lowest BCUT2D eigenvalue weighted by molar-refractivity contribution is 0.0106. The van der Waals surface area contributed by atoms with Gasteiger partial charge in [0.05, 0.1) is 13.2 Å². The lowest BCUT2D eigenvalue weighted by Gasteiger charge is -2.38. The second-order valence-electron chi connectivity index (χ2n) is 6.76. The first kappa shape index (κ1) is 16.8. The van der Waals surface area contributed by atoms with Crippen LogP contribution in [0.2, 0.25) is 0 Å². The Kier molecular flexibility index (Phi) is 5.63. The van der Waals surface area contributed by atoms with Gasteiger partial charge < -0.3 is 19.3 Å². The fourth-order valence-corrected chi connectivity index (χ4v) is 3.75. The molecule has 0 amide bonds. The average molecular weight is 323 g/mol. The van der Waals surface area contributed by atoms with E-state index in [-0.39, 0.29) is 6.61 Å². The maximum atomic E-state index is 9.25. The first-order valence-corrected chi connectivity index (χ1v) is 8.72. The van der Waals surface area contributed by atoms with E-state index in [9.17, 15) is 5.11 Å². The molecule has 7 heteroatoms. The van der Waals surface area contributed by atoms with Crippen LogP contribution in [0, 0.1) is 0 Å². The lowest BCUT2D eigenvalue weighted by atomic mass is 9.95. The number of nitrogens with zero attached hydrogens (tertiary/aromatic N) is 5. The topological polar surface area (TPSA) is 66.7 Å². The number of morpholine rings is 1. The van der Waals surface area contributed by atoms with Crippen molar-refractivity contribution in [3.8, 4) is 0 Å². The molecular weight excluding hydrogens is 294 g/mol. The number of aromatic nitrogens is 3. The lowest BCUT2D eigenvalue weighted by Crippen LogP contribution is -2.48. The van der Waals surface area contributed by atoms with Crippen LogP contribution in [0.1, 0.15) is 37.3 Å². The zero-order valence-electron chi connectivity index (χ0n) is 14.3. The summed E-state index contributed by atoms with van der Waals surface area (Å²) in [7, 11) is 1.95. The fourth-order valence-electron chi connectivity index (χ4n) is 3.75. The Bertz CT molecular complexity index is 493. The van der Waals surface area contributed by atoms with Crippen LogP contribution in [-0.4, -0.2) is 81.7 Å². The van der Waals surface area contributed by atoms with E-state index in [0.717, 1.165) is 64.6 Å².